The van der Waals surface area contributed by atoms with Gasteiger partial charge in [0.25, 0.3) is 5.91 Å². The number of ether oxygens (including phenoxy) is 1. The van der Waals surface area contributed by atoms with Crippen LogP contribution in [0.25, 0.3) is 0 Å². The number of β-lactam (4-membered cyclic amide) rings is 1. The van der Waals surface area contributed by atoms with Gasteiger partial charge in [0.05, 0.1) is 18.0 Å². The molecule has 1 saturated heterocycles. The Balaban J connectivity index is 1.91. The Labute approximate surface area is 182 Å². The predicted octanol–water partition coefficient (Wildman–Crippen LogP) is 4.57. The number of methoxy groups -OCH3 is 1. The number of allylic oxidation sites excluding steroid dienone is 1. The Bertz CT molecular complexity index is 1190. The summed E-state index contributed by atoms with van der Waals surface area (Å²) in [5.74, 6) is 0.192. The number of anilines is 1. The maximum Gasteiger partial charge on any atom is 0.252 e. The number of rotatable bonds is 7. The number of sulfone groups is 1. The van der Waals surface area contributed by atoms with Crippen molar-refractivity contribution in [1.29, 1.82) is 0 Å². The first kappa shape index (κ1) is 20.9. The minimum atomic E-state index is -4.01. The molecule has 4 rings (SSSR count). The second kappa shape index (κ2) is 8.04. The zero-order valence-electron chi connectivity index (χ0n) is 17.1. The summed E-state index contributed by atoms with van der Waals surface area (Å²) in [7, 11) is -2.45. The van der Waals surface area contributed by atoms with Crippen molar-refractivity contribution in [2.24, 2.45) is 0 Å². The molecule has 1 aliphatic rings. The van der Waals surface area contributed by atoms with E-state index in [1.54, 1.807) is 54.5 Å². The average molecular weight is 434 g/mol. The van der Waals surface area contributed by atoms with E-state index in [9.17, 15) is 13.2 Å². The van der Waals surface area contributed by atoms with Crippen molar-refractivity contribution in [1.82, 2.24) is 0 Å². The molecule has 0 aromatic heterocycles. The summed E-state index contributed by atoms with van der Waals surface area (Å²) in [5.41, 5.74) is 1.36. The molecule has 1 amide bonds. The Morgan fingerprint density at radius 2 is 1.55 bits per heavy atom. The molecule has 0 saturated carbocycles. The van der Waals surface area contributed by atoms with Gasteiger partial charge in [-0.3, -0.25) is 4.79 Å². The summed E-state index contributed by atoms with van der Waals surface area (Å²) in [6, 6.07) is 23.7. The van der Waals surface area contributed by atoms with Crippen molar-refractivity contribution in [2.45, 2.75) is 22.1 Å². The van der Waals surface area contributed by atoms with Gasteiger partial charge in [-0.25, -0.2) is 8.42 Å². The Kier molecular flexibility index (Phi) is 5.41. The van der Waals surface area contributed by atoms with Crippen LogP contribution in [0.1, 0.15) is 18.0 Å². The van der Waals surface area contributed by atoms with Gasteiger partial charge in [-0.1, -0.05) is 54.6 Å². The highest BCUT2D eigenvalue weighted by molar-refractivity contribution is 7.94. The summed E-state index contributed by atoms with van der Waals surface area (Å²) >= 11 is 0. The molecular weight excluding hydrogens is 410 g/mol. The fourth-order valence-corrected chi connectivity index (χ4v) is 6.38. The van der Waals surface area contributed by atoms with Crippen LogP contribution in [-0.4, -0.2) is 26.2 Å². The van der Waals surface area contributed by atoms with E-state index >= 15 is 0 Å². The predicted molar refractivity (Wildman–Crippen MR) is 121 cm³/mol. The Morgan fingerprint density at radius 3 is 2.10 bits per heavy atom. The quantitative estimate of drug-likeness (QED) is 0.404. The second-order valence-corrected chi connectivity index (χ2v) is 9.59. The number of nitrogens with zero attached hydrogens (tertiary/aromatic N) is 1. The van der Waals surface area contributed by atoms with Gasteiger partial charge in [0.1, 0.15) is 5.75 Å². The van der Waals surface area contributed by atoms with Gasteiger partial charge in [-0.2, -0.15) is 0 Å². The highest BCUT2D eigenvalue weighted by atomic mass is 32.2. The molecule has 0 bridgehead atoms. The zero-order chi connectivity index (χ0) is 22.1. The van der Waals surface area contributed by atoms with Crippen LogP contribution >= 0.6 is 0 Å². The molecule has 0 radical (unpaired) electrons. The second-order valence-electron chi connectivity index (χ2n) is 7.39. The molecular formula is C25H23NO4S. The maximum atomic E-state index is 13.9. The van der Waals surface area contributed by atoms with Crippen LogP contribution in [0.3, 0.4) is 0 Å². The van der Waals surface area contributed by atoms with E-state index in [0.29, 0.717) is 11.4 Å². The topological polar surface area (TPSA) is 63.7 Å². The third-order valence-electron chi connectivity index (χ3n) is 5.73. The molecule has 31 heavy (non-hydrogen) atoms. The van der Waals surface area contributed by atoms with E-state index in [1.807, 2.05) is 30.3 Å². The zero-order valence-corrected chi connectivity index (χ0v) is 18.0. The fraction of sp³-hybridized carbons (Fsp3) is 0.160. The van der Waals surface area contributed by atoms with Gasteiger partial charge in [0, 0.05) is 5.69 Å². The van der Waals surface area contributed by atoms with Crippen molar-refractivity contribution >= 4 is 21.4 Å². The van der Waals surface area contributed by atoms with Crippen LogP contribution < -0.4 is 9.64 Å². The Hall–Kier alpha value is -3.38. The van der Waals surface area contributed by atoms with E-state index in [0.717, 1.165) is 5.56 Å². The summed E-state index contributed by atoms with van der Waals surface area (Å²) < 4.78 is 31.3. The maximum absolute atomic E-state index is 13.9. The lowest BCUT2D eigenvalue weighted by atomic mass is 9.78. The molecule has 0 unspecified atom stereocenters. The molecule has 1 aliphatic heterocycles. The number of hydrogen-bond donors (Lipinski definition) is 0. The number of hydrogen-bond acceptors (Lipinski definition) is 4. The van der Waals surface area contributed by atoms with E-state index in [4.69, 9.17) is 4.74 Å². The molecule has 3 aromatic rings. The van der Waals surface area contributed by atoms with Crippen LogP contribution in [-0.2, 0) is 14.6 Å². The van der Waals surface area contributed by atoms with E-state index in [-0.39, 0.29) is 11.3 Å². The normalized spacial score (nSPS) is 20.7. The van der Waals surface area contributed by atoms with Crippen molar-refractivity contribution < 1.29 is 17.9 Å². The van der Waals surface area contributed by atoms with Gasteiger partial charge >= 0.3 is 0 Å². The monoisotopic (exact) mass is 433 g/mol. The minimum absolute atomic E-state index is 0.00920. The lowest BCUT2D eigenvalue weighted by molar-refractivity contribution is -0.128. The molecule has 0 spiro atoms. The average Bonchev–Trinajstić information content (AvgIpc) is 2.81. The SMILES string of the molecule is C=CC[C@@]1(S(=O)(=O)c2ccccc2)C(=O)N(c2ccc(OC)cc2)[C@@H]1c1ccccc1. The smallest absolute Gasteiger partial charge is 0.252 e. The van der Waals surface area contributed by atoms with Crippen LogP contribution in [0.15, 0.2) is 102 Å². The molecule has 1 heterocycles. The first-order valence-electron chi connectivity index (χ1n) is 9.90. The van der Waals surface area contributed by atoms with Gasteiger partial charge in [0.2, 0.25) is 0 Å². The van der Waals surface area contributed by atoms with Gasteiger partial charge in [-0.05, 0) is 48.4 Å². The van der Waals surface area contributed by atoms with Crippen molar-refractivity contribution in [2.75, 3.05) is 12.0 Å². The van der Waals surface area contributed by atoms with Crippen LogP contribution in [0.4, 0.5) is 5.69 Å². The largest absolute Gasteiger partial charge is 0.497 e. The van der Waals surface area contributed by atoms with Crippen molar-refractivity contribution in [3.05, 3.63) is 103 Å². The summed E-state index contributed by atoms with van der Waals surface area (Å²) in [4.78, 5) is 15.4. The number of carbonyl (C=O) groups excluding carboxylic acids is 1. The van der Waals surface area contributed by atoms with E-state index in [2.05, 4.69) is 6.58 Å². The lowest BCUT2D eigenvalue weighted by Gasteiger charge is -2.55. The summed E-state index contributed by atoms with van der Waals surface area (Å²) in [6.45, 7) is 3.77. The molecule has 2 atom stereocenters. The highest BCUT2D eigenvalue weighted by Crippen LogP contribution is 2.54. The first-order chi connectivity index (χ1) is 15.0. The number of amides is 1. The summed E-state index contributed by atoms with van der Waals surface area (Å²) in [6.07, 6.45) is 1.52. The summed E-state index contributed by atoms with van der Waals surface area (Å²) in [5, 5.41) is 0. The molecule has 1 fully saturated rings. The third kappa shape index (κ3) is 3.15. The molecule has 0 N–H and O–H groups in total. The van der Waals surface area contributed by atoms with Crippen molar-refractivity contribution in [3.63, 3.8) is 0 Å². The fourth-order valence-electron chi connectivity index (χ4n) is 4.24. The third-order valence-corrected chi connectivity index (χ3v) is 8.14. The lowest BCUT2D eigenvalue weighted by Crippen LogP contribution is -2.72. The molecule has 3 aromatic carbocycles. The Morgan fingerprint density at radius 1 is 0.968 bits per heavy atom. The van der Waals surface area contributed by atoms with Crippen molar-refractivity contribution in [3.8, 4) is 5.75 Å². The van der Waals surface area contributed by atoms with E-state index in [1.165, 1.54) is 18.2 Å². The van der Waals surface area contributed by atoms with Crippen LogP contribution in [0.2, 0.25) is 0 Å². The molecule has 5 nitrogen and oxygen atoms in total. The molecule has 0 aliphatic carbocycles. The standard InChI is InChI=1S/C25H23NO4S/c1-3-18-25(31(28,29)22-12-8-5-9-13-22)23(19-10-6-4-7-11-19)26(24(25)27)20-14-16-21(30-2)17-15-20/h3-17,23H,1,18H2,2H3/t23-,25+/m1/s1. The molecule has 158 valence electrons. The highest BCUT2D eigenvalue weighted by Gasteiger charge is 2.68. The van der Waals surface area contributed by atoms with Gasteiger partial charge in [-0.15, -0.1) is 6.58 Å². The van der Waals surface area contributed by atoms with E-state index < -0.39 is 26.5 Å². The first-order valence-corrected chi connectivity index (χ1v) is 11.4. The number of benzene rings is 3. The number of carbonyl (C=O) groups is 1. The molecule has 6 heteroatoms. The van der Waals surface area contributed by atoms with Crippen LogP contribution in [0.5, 0.6) is 5.75 Å². The minimum Gasteiger partial charge on any atom is -0.497 e. The van der Waals surface area contributed by atoms with Gasteiger partial charge in [0.15, 0.2) is 14.6 Å². The van der Waals surface area contributed by atoms with Crippen LogP contribution in [0, 0.1) is 0 Å². The van der Waals surface area contributed by atoms with Gasteiger partial charge < -0.3 is 9.64 Å².